The molecule has 0 aromatic heterocycles. The molecule has 2 aliphatic rings. The zero-order chi connectivity index (χ0) is 14.7. The van der Waals surface area contributed by atoms with Gasteiger partial charge in [0.05, 0.1) is 12.8 Å². The Labute approximate surface area is 128 Å². The van der Waals surface area contributed by atoms with E-state index in [0.717, 1.165) is 18.0 Å². The van der Waals surface area contributed by atoms with Gasteiger partial charge in [0.25, 0.3) is 0 Å². The minimum Gasteiger partial charge on any atom is -0.495 e. The SMILES string of the molecule is COc1ccc(CN2CCC3(CCCCC3)CC2)cc1N. The minimum absolute atomic E-state index is 0.688. The molecule has 1 spiro atoms. The van der Waals surface area contributed by atoms with Crippen molar-refractivity contribution in [3.63, 3.8) is 0 Å². The monoisotopic (exact) mass is 288 g/mol. The van der Waals surface area contributed by atoms with Crippen molar-refractivity contribution >= 4 is 5.69 Å². The van der Waals surface area contributed by atoms with Crippen LogP contribution in [0.15, 0.2) is 18.2 Å². The molecule has 2 fully saturated rings. The second kappa shape index (κ2) is 6.27. The average Bonchev–Trinajstić information content (AvgIpc) is 2.51. The molecule has 1 aromatic rings. The molecule has 1 aromatic carbocycles. The van der Waals surface area contributed by atoms with Crippen LogP contribution in [0.4, 0.5) is 5.69 Å². The lowest BCUT2D eigenvalue weighted by Crippen LogP contribution is -2.40. The summed E-state index contributed by atoms with van der Waals surface area (Å²) in [6.07, 6.45) is 10.1. The van der Waals surface area contributed by atoms with E-state index >= 15 is 0 Å². The van der Waals surface area contributed by atoms with E-state index in [-0.39, 0.29) is 0 Å². The summed E-state index contributed by atoms with van der Waals surface area (Å²) in [7, 11) is 1.67. The van der Waals surface area contributed by atoms with Crippen LogP contribution in [0.1, 0.15) is 50.5 Å². The zero-order valence-electron chi connectivity index (χ0n) is 13.2. The topological polar surface area (TPSA) is 38.5 Å². The lowest BCUT2D eigenvalue weighted by molar-refractivity contribution is 0.0641. The third-order valence-electron chi connectivity index (χ3n) is 5.53. The summed E-state index contributed by atoms with van der Waals surface area (Å²) in [5.41, 5.74) is 8.74. The number of likely N-dealkylation sites (tertiary alicyclic amines) is 1. The molecule has 0 amide bonds. The summed E-state index contributed by atoms with van der Waals surface area (Å²) < 4.78 is 5.23. The van der Waals surface area contributed by atoms with Crippen LogP contribution in [-0.2, 0) is 6.54 Å². The van der Waals surface area contributed by atoms with Crippen LogP contribution in [0.2, 0.25) is 0 Å². The van der Waals surface area contributed by atoms with Gasteiger partial charge in [0.15, 0.2) is 0 Å². The van der Waals surface area contributed by atoms with Crippen molar-refractivity contribution in [2.45, 2.75) is 51.5 Å². The van der Waals surface area contributed by atoms with E-state index in [9.17, 15) is 0 Å². The second-order valence-corrected chi connectivity index (χ2v) is 6.91. The summed E-state index contributed by atoms with van der Waals surface area (Å²) in [4.78, 5) is 2.58. The molecule has 0 atom stereocenters. The van der Waals surface area contributed by atoms with Crippen LogP contribution in [0, 0.1) is 5.41 Å². The van der Waals surface area contributed by atoms with E-state index in [0.29, 0.717) is 5.41 Å². The lowest BCUT2D eigenvalue weighted by Gasteiger charge is -2.44. The fraction of sp³-hybridized carbons (Fsp3) is 0.667. The first-order valence-electron chi connectivity index (χ1n) is 8.36. The standard InChI is InChI=1S/C18H28N2O/c1-21-17-6-5-15(13-16(17)19)14-20-11-9-18(10-12-20)7-3-2-4-8-18/h5-6,13H,2-4,7-12,14,19H2,1H3. The largest absolute Gasteiger partial charge is 0.495 e. The lowest BCUT2D eigenvalue weighted by atomic mass is 9.68. The van der Waals surface area contributed by atoms with Crippen LogP contribution >= 0.6 is 0 Å². The summed E-state index contributed by atoms with van der Waals surface area (Å²) in [5.74, 6) is 0.776. The summed E-state index contributed by atoms with van der Waals surface area (Å²) in [5, 5.41) is 0. The molecule has 3 heteroatoms. The van der Waals surface area contributed by atoms with Gasteiger partial charge in [-0.05, 0) is 61.9 Å². The number of methoxy groups -OCH3 is 1. The fourth-order valence-corrected chi connectivity index (χ4v) is 4.13. The number of hydrogen-bond acceptors (Lipinski definition) is 3. The molecule has 21 heavy (non-hydrogen) atoms. The maximum atomic E-state index is 6.01. The first kappa shape index (κ1) is 14.7. The van der Waals surface area contributed by atoms with Crippen LogP contribution in [-0.4, -0.2) is 25.1 Å². The molecule has 1 heterocycles. The van der Waals surface area contributed by atoms with Gasteiger partial charge in [-0.3, -0.25) is 4.90 Å². The number of nitrogens with zero attached hydrogens (tertiary/aromatic N) is 1. The van der Waals surface area contributed by atoms with Gasteiger partial charge in [0, 0.05) is 6.54 Å². The van der Waals surface area contributed by atoms with Crippen molar-refractivity contribution in [3.8, 4) is 5.75 Å². The van der Waals surface area contributed by atoms with Gasteiger partial charge in [-0.1, -0.05) is 25.3 Å². The van der Waals surface area contributed by atoms with Crippen molar-refractivity contribution in [1.29, 1.82) is 0 Å². The molecular formula is C18H28N2O. The fourth-order valence-electron chi connectivity index (χ4n) is 4.13. The molecule has 1 aliphatic heterocycles. The van der Waals surface area contributed by atoms with Gasteiger partial charge in [-0.15, -0.1) is 0 Å². The maximum Gasteiger partial charge on any atom is 0.141 e. The van der Waals surface area contributed by atoms with E-state index in [1.165, 1.54) is 63.6 Å². The van der Waals surface area contributed by atoms with E-state index in [1.807, 2.05) is 6.07 Å². The first-order chi connectivity index (χ1) is 10.2. The number of ether oxygens (including phenoxy) is 1. The van der Waals surface area contributed by atoms with Crippen LogP contribution in [0.3, 0.4) is 0 Å². The molecule has 1 aliphatic carbocycles. The minimum atomic E-state index is 0.688. The third kappa shape index (κ3) is 3.34. The molecule has 0 radical (unpaired) electrons. The molecule has 1 saturated heterocycles. The smallest absolute Gasteiger partial charge is 0.141 e. The normalized spacial score (nSPS) is 22.3. The third-order valence-corrected chi connectivity index (χ3v) is 5.53. The Bertz CT molecular complexity index is 470. The van der Waals surface area contributed by atoms with Crippen LogP contribution in [0.25, 0.3) is 0 Å². The number of nitrogens with two attached hydrogens (primary N) is 1. The van der Waals surface area contributed by atoms with Gasteiger partial charge in [-0.25, -0.2) is 0 Å². The van der Waals surface area contributed by atoms with Gasteiger partial charge < -0.3 is 10.5 Å². The zero-order valence-corrected chi connectivity index (χ0v) is 13.2. The highest BCUT2D eigenvalue weighted by atomic mass is 16.5. The van der Waals surface area contributed by atoms with Gasteiger partial charge in [0.1, 0.15) is 5.75 Å². The van der Waals surface area contributed by atoms with Crippen molar-refractivity contribution < 1.29 is 4.74 Å². The first-order valence-corrected chi connectivity index (χ1v) is 8.36. The summed E-state index contributed by atoms with van der Waals surface area (Å²) in [6, 6.07) is 6.18. The predicted molar refractivity (Wildman–Crippen MR) is 87.4 cm³/mol. The van der Waals surface area contributed by atoms with Gasteiger partial charge in [0.2, 0.25) is 0 Å². The number of benzene rings is 1. The van der Waals surface area contributed by atoms with Crippen molar-refractivity contribution in [3.05, 3.63) is 23.8 Å². The molecule has 0 unspecified atom stereocenters. The van der Waals surface area contributed by atoms with Crippen molar-refractivity contribution in [2.24, 2.45) is 5.41 Å². The predicted octanol–water partition coefficient (Wildman–Crippen LogP) is 3.82. The highest BCUT2D eigenvalue weighted by Crippen LogP contribution is 2.44. The summed E-state index contributed by atoms with van der Waals surface area (Å²) in [6.45, 7) is 3.50. The van der Waals surface area contributed by atoms with Crippen LogP contribution < -0.4 is 10.5 Å². The molecule has 0 bridgehead atoms. The Morgan fingerprint density at radius 3 is 2.43 bits per heavy atom. The Balaban J connectivity index is 1.56. The van der Waals surface area contributed by atoms with Gasteiger partial charge in [-0.2, -0.15) is 0 Å². The number of rotatable bonds is 3. The average molecular weight is 288 g/mol. The molecule has 2 N–H and O–H groups in total. The Kier molecular flexibility index (Phi) is 4.39. The molecule has 1 saturated carbocycles. The van der Waals surface area contributed by atoms with Crippen LogP contribution in [0.5, 0.6) is 5.75 Å². The van der Waals surface area contributed by atoms with Crippen molar-refractivity contribution in [1.82, 2.24) is 4.90 Å². The Morgan fingerprint density at radius 2 is 1.81 bits per heavy atom. The highest BCUT2D eigenvalue weighted by molar-refractivity contribution is 5.54. The van der Waals surface area contributed by atoms with E-state index in [2.05, 4.69) is 17.0 Å². The number of piperidine rings is 1. The van der Waals surface area contributed by atoms with E-state index < -0.39 is 0 Å². The maximum absolute atomic E-state index is 6.01. The number of nitrogen functional groups attached to an aromatic ring is 1. The highest BCUT2D eigenvalue weighted by Gasteiger charge is 2.35. The number of hydrogen-bond donors (Lipinski definition) is 1. The van der Waals surface area contributed by atoms with Crippen molar-refractivity contribution in [2.75, 3.05) is 25.9 Å². The molecule has 3 nitrogen and oxygen atoms in total. The van der Waals surface area contributed by atoms with Gasteiger partial charge >= 0.3 is 0 Å². The number of anilines is 1. The molecule has 3 rings (SSSR count). The quantitative estimate of drug-likeness (QED) is 0.859. The van der Waals surface area contributed by atoms with E-state index in [1.54, 1.807) is 7.11 Å². The molecular weight excluding hydrogens is 260 g/mol. The van der Waals surface area contributed by atoms with E-state index in [4.69, 9.17) is 10.5 Å². The Morgan fingerprint density at radius 1 is 1.10 bits per heavy atom. The summed E-state index contributed by atoms with van der Waals surface area (Å²) >= 11 is 0. The molecule has 116 valence electrons. The second-order valence-electron chi connectivity index (χ2n) is 6.91. The Hall–Kier alpha value is -1.22.